The molecule has 0 radical (unpaired) electrons. The summed E-state index contributed by atoms with van der Waals surface area (Å²) in [7, 11) is -1.89. The van der Waals surface area contributed by atoms with Crippen molar-refractivity contribution in [1.29, 1.82) is 5.26 Å². The summed E-state index contributed by atoms with van der Waals surface area (Å²) in [6.07, 6.45) is 6.74. The normalized spacial score (nSPS) is 19.2. The number of fused-ring (bicyclic) bond motifs is 2. The molecule has 1 aliphatic carbocycles. The average Bonchev–Trinajstić information content (AvgIpc) is 3.56. The highest BCUT2D eigenvalue weighted by Crippen LogP contribution is 2.40. The summed E-state index contributed by atoms with van der Waals surface area (Å²) in [5, 5.41) is 12.5. The Morgan fingerprint density at radius 1 is 1.20 bits per heavy atom. The second-order valence-corrected chi connectivity index (χ2v) is 17.2. The molecule has 0 spiro atoms. The lowest BCUT2D eigenvalue weighted by Crippen LogP contribution is -2.55. The molecule has 1 aliphatic heterocycles. The minimum Gasteiger partial charge on any atom is -0.355 e. The van der Waals surface area contributed by atoms with Crippen LogP contribution >= 0.6 is 22.9 Å². The zero-order valence-corrected chi connectivity index (χ0v) is 32.4. The predicted octanol–water partition coefficient (Wildman–Crippen LogP) is 5.43. The Morgan fingerprint density at radius 2 is 1.94 bits per heavy atom. The number of benzene rings is 1. The molecule has 278 valence electrons. The van der Waals surface area contributed by atoms with E-state index in [4.69, 9.17) is 11.6 Å². The van der Waals surface area contributed by atoms with Gasteiger partial charge in [-0.25, -0.2) is 27.5 Å². The van der Waals surface area contributed by atoms with Crippen molar-refractivity contribution in [2.75, 3.05) is 31.3 Å². The number of halogens is 2. The van der Waals surface area contributed by atoms with Gasteiger partial charge in [-0.3, -0.25) is 24.0 Å². The summed E-state index contributed by atoms with van der Waals surface area (Å²) in [5.74, 6) is 6.30. The van der Waals surface area contributed by atoms with Crippen LogP contribution in [0.2, 0.25) is 5.02 Å². The van der Waals surface area contributed by atoms with Gasteiger partial charge >= 0.3 is 0 Å². The standard InChI is InChI=1S/C38H36ClFN8O4S2/c1-22-44-31-20-43-35(46(3)25-10-14-47(15-11-25)26-17-38(2,40)18-26)29(19-41)32(31)37(50)48(22)13-5-6-23-7-8-24(39)16-28(23)27-9-12-42-33-30(21-53-34(27)33)36(49)45-54(4,51)52/h7-9,12,16,20-21,25-26H,10-11,13-15,17-18H2,1-4H3,(H,45,49). The van der Waals surface area contributed by atoms with Crippen molar-refractivity contribution in [2.45, 2.75) is 63.8 Å². The molecule has 1 N–H and O–H groups in total. The summed E-state index contributed by atoms with van der Waals surface area (Å²) >= 11 is 7.67. The van der Waals surface area contributed by atoms with Crippen molar-refractivity contribution < 1.29 is 17.6 Å². The fourth-order valence-electron chi connectivity index (χ4n) is 7.45. The number of nitrogens with one attached hydrogen (secondary N) is 1. The molecule has 0 unspecified atom stereocenters. The Morgan fingerprint density at radius 3 is 2.63 bits per heavy atom. The number of carbonyl (C=O) groups excluding carboxylic acids is 1. The topological polar surface area (TPSA) is 154 Å². The highest BCUT2D eigenvalue weighted by atomic mass is 35.5. The lowest BCUT2D eigenvalue weighted by molar-refractivity contribution is -0.0241. The van der Waals surface area contributed by atoms with Gasteiger partial charge in [-0.1, -0.05) is 23.4 Å². The molecule has 2 aliphatic rings. The van der Waals surface area contributed by atoms with Crippen LogP contribution in [0.4, 0.5) is 10.2 Å². The van der Waals surface area contributed by atoms with E-state index in [-0.39, 0.29) is 35.1 Å². The first-order chi connectivity index (χ1) is 25.6. The fraction of sp³-hybridized carbons (Fsp3) is 0.368. The van der Waals surface area contributed by atoms with Crippen molar-refractivity contribution in [3.63, 3.8) is 0 Å². The number of hydrogen-bond donors (Lipinski definition) is 1. The number of aromatic nitrogens is 4. The zero-order valence-electron chi connectivity index (χ0n) is 30.0. The Bertz CT molecular complexity index is 2610. The second kappa shape index (κ2) is 14.4. The fourth-order valence-corrected chi connectivity index (χ4v) is 9.10. The van der Waals surface area contributed by atoms with Gasteiger partial charge in [0, 0.05) is 65.5 Å². The minimum absolute atomic E-state index is 0.0217. The van der Waals surface area contributed by atoms with E-state index in [1.807, 2.05) is 16.7 Å². The van der Waals surface area contributed by atoms with Crippen LogP contribution in [0.25, 0.3) is 32.2 Å². The van der Waals surface area contributed by atoms with Gasteiger partial charge in [-0.2, -0.15) is 5.26 Å². The molecule has 1 amide bonds. The molecule has 1 aromatic carbocycles. The van der Waals surface area contributed by atoms with E-state index < -0.39 is 27.2 Å². The molecule has 0 atom stereocenters. The van der Waals surface area contributed by atoms with E-state index in [0.29, 0.717) is 61.9 Å². The van der Waals surface area contributed by atoms with Crippen LogP contribution in [-0.2, 0) is 16.6 Å². The molecular weight excluding hydrogens is 751 g/mol. The first kappa shape index (κ1) is 37.4. The number of piperidine rings is 1. The van der Waals surface area contributed by atoms with E-state index in [0.717, 1.165) is 32.2 Å². The number of carbonyl (C=O) groups is 1. The van der Waals surface area contributed by atoms with Crippen LogP contribution in [0, 0.1) is 30.1 Å². The lowest BCUT2D eigenvalue weighted by atomic mass is 9.77. The molecule has 2 fully saturated rings. The Kier molecular flexibility index (Phi) is 9.95. The van der Waals surface area contributed by atoms with Crippen LogP contribution < -0.4 is 15.2 Å². The first-order valence-electron chi connectivity index (χ1n) is 17.3. The number of sulfonamides is 1. The number of hydrogen-bond acceptors (Lipinski definition) is 11. The number of nitrogens with zero attached hydrogens (tertiary/aromatic N) is 7. The number of anilines is 1. The molecule has 16 heteroatoms. The lowest BCUT2D eigenvalue weighted by Gasteiger charge is -2.48. The summed E-state index contributed by atoms with van der Waals surface area (Å²) < 4.78 is 41.6. The van der Waals surface area contributed by atoms with Crippen LogP contribution in [0.15, 0.2) is 46.8 Å². The first-order valence-corrected chi connectivity index (χ1v) is 20.4. The molecule has 12 nitrogen and oxygen atoms in total. The van der Waals surface area contributed by atoms with E-state index in [2.05, 4.69) is 37.8 Å². The number of likely N-dealkylation sites (tertiary alicyclic amines) is 1. The van der Waals surface area contributed by atoms with Crippen molar-refractivity contribution in [2.24, 2.45) is 0 Å². The zero-order chi connectivity index (χ0) is 38.5. The van der Waals surface area contributed by atoms with Crippen molar-refractivity contribution >= 4 is 65.8 Å². The Labute approximate surface area is 320 Å². The number of amides is 1. The maximum absolute atomic E-state index is 14.1. The summed E-state index contributed by atoms with van der Waals surface area (Å²) in [5.41, 5.74) is 1.40. The molecule has 54 heavy (non-hydrogen) atoms. The SMILES string of the molecule is Cc1nc2cnc(N(C)C3CCN(C4CC(C)(F)C4)CC3)c(C#N)c2c(=O)n1CC#Cc1ccc(Cl)cc1-c1ccnc2c(C(=O)NS(C)(=O)=O)csc12. The van der Waals surface area contributed by atoms with Gasteiger partial charge in [-0.05, 0) is 63.8 Å². The highest BCUT2D eigenvalue weighted by Gasteiger charge is 2.44. The van der Waals surface area contributed by atoms with Gasteiger partial charge in [-0.15, -0.1) is 11.3 Å². The molecule has 0 bridgehead atoms. The molecule has 1 saturated heterocycles. The van der Waals surface area contributed by atoms with Gasteiger partial charge in [0.2, 0.25) is 10.0 Å². The second-order valence-electron chi connectivity index (χ2n) is 14.1. The van der Waals surface area contributed by atoms with Crippen LogP contribution in [0.3, 0.4) is 0 Å². The van der Waals surface area contributed by atoms with Gasteiger partial charge in [0.15, 0.2) is 0 Å². The predicted molar refractivity (Wildman–Crippen MR) is 208 cm³/mol. The number of rotatable bonds is 7. The third-order valence-electron chi connectivity index (χ3n) is 10.2. The number of alkyl halides is 1. The molecule has 5 aromatic rings. The summed E-state index contributed by atoms with van der Waals surface area (Å²) in [4.78, 5) is 44.7. The Balaban J connectivity index is 1.17. The Hall–Kier alpha value is -4.93. The number of thiophene rings is 1. The smallest absolute Gasteiger partial charge is 0.267 e. The van der Waals surface area contributed by atoms with E-state index in [1.54, 1.807) is 43.5 Å². The maximum Gasteiger partial charge on any atom is 0.267 e. The van der Waals surface area contributed by atoms with Crippen molar-refractivity contribution in [1.82, 2.24) is 29.1 Å². The quantitative estimate of drug-likeness (QED) is 0.211. The van der Waals surface area contributed by atoms with Gasteiger partial charge in [0.1, 0.15) is 28.9 Å². The number of pyridine rings is 2. The van der Waals surface area contributed by atoms with Crippen molar-refractivity contribution in [3.8, 4) is 29.0 Å². The highest BCUT2D eigenvalue weighted by molar-refractivity contribution is 7.89. The summed E-state index contributed by atoms with van der Waals surface area (Å²) in [6, 6.07) is 9.56. The largest absolute Gasteiger partial charge is 0.355 e. The van der Waals surface area contributed by atoms with E-state index in [1.165, 1.54) is 28.3 Å². The third-order valence-corrected chi connectivity index (χ3v) is 12.0. The van der Waals surface area contributed by atoms with E-state index >= 15 is 0 Å². The average molecular weight is 787 g/mol. The van der Waals surface area contributed by atoms with Crippen LogP contribution in [0.1, 0.15) is 59.9 Å². The molecule has 4 aromatic heterocycles. The monoisotopic (exact) mass is 786 g/mol. The van der Waals surface area contributed by atoms with Gasteiger partial charge < -0.3 is 4.90 Å². The number of aryl methyl sites for hydroxylation is 1. The van der Waals surface area contributed by atoms with Crippen LogP contribution in [-0.4, -0.2) is 82.9 Å². The summed E-state index contributed by atoms with van der Waals surface area (Å²) in [6.45, 7) is 4.99. The van der Waals surface area contributed by atoms with Crippen molar-refractivity contribution in [3.05, 3.63) is 79.9 Å². The molecular formula is C38H36ClFN8O4S2. The minimum atomic E-state index is -3.78. The molecule has 1 saturated carbocycles. The van der Waals surface area contributed by atoms with Gasteiger partial charge in [0.25, 0.3) is 11.5 Å². The van der Waals surface area contributed by atoms with Gasteiger partial charge in [0.05, 0.1) is 45.7 Å². The number of nitriles is 1. The van der Waals surface area contributed by atoms with Crippen LogP contribution in [0.5, 0.6) is 0 Å². The van der Waals surface area contributed by atoms with E-state index in [9.17, 15) is 27.7 Å². The molecule has 7 rings (SSSR count). The third kappa shape index (κ3) is 7.29. The molecule has 5 heterocycles. The maximum atomic E-state index is 14.1.